The van der Waals surface area contributed by atoms with Gasteiger partial charge in [-0.05, 0) is 23.5 Å². The molecule has 0 radical (unpaired) electrons. The average Bonchev–Trinajstić information content (AvgIpc) is 3.83. The van der Waals surface area contributed by atoms with Crippen LogP contribution in [-0.4, -0.2) is 114 Å². The fourth-order valence-electron chi connectivity index (χ4n) is 5.92. The molecule has 0 spiro atoms. The number of nitrogens with two attached hydrogens (primary N) is 1. The Hall–Kier alpha value is -6.31. The predicted octanol–water partition coefficient (Wildman–Crippen LogP) is -0.446. The largest absolute Gasteiger partial charge is 0.481 e. The Kier molecular flexibility index (Phi) is 16.7. The van der Waals surface area contributed by atoms with Crippen LogP contribution in [-0.2, 0) is 51.2 Å². The molecule has 1 aromatic carbocycles. The minimum Gasteiger partial charge on any atom is -0.481 e. The highest BCUT2D eigenvalue weighted by atomic mass is 16.4. The Bertz CT molecular complexity index is 1900. The first kappa shape index (κ1) is 45.1. The van der Waals surface area contributed by atoms with Crippen molar-refractivity contribution in [1.29, 1.82) is 0 Å². The van der Waals surface area contributed by atoms with Gasteiger partial charge in [0.15, 0.2) is 0 Å². The average molecular weight is 798 g/mol. The molecule has 0 fully saturated rings. The first-order valence-electron chi connectivity index (χ1n) is 18.4. The number of benzene rings is 1. The van der Waals surface area contributed by atoms with Gasteiger partial charge >= 0.3 is 17.9 Å². The molecule has 310 valence electrons. The number of nitrogens with one attached hydrogen (secondary N) is 7. The molecule has 3 rings (SSSR count). The van der Waals surface area contributed by atoms with Crippen LogP contribution in [0.25, 0.3) is 10.9 Å². The van der Waals surface area contributed by atoms with Crippen molar-refractivity contribution in [2.45, 2.75) is 102 Å². The molecule has 20 nitrogen and oxygen atoms in total. The predicted molar refractivity (Wildman–Crippen MR) is 203 cm³/mol. The van der Waals surface area contributed by atoms with Crippen LogP contribution in [0.15, 0.2) is 43.0 Å². The Balaban J connectivity index is 1.78. The number of aliphatic carboxylic acids is 3. The molecule has 0 bridgehead atoms. The van der Waals surface area contributed by atoms with Gasteiger partial charge in [-0.25, -0.2) is 9.78 Å². The number of carbonyl (C=O) groups excluding carboxylic acids is 5. The molecule has 0 aliphatic carbocycles. The zero-order valence-electron chi connectivity index (χ0n) is 32.0. The smallest absolute Gasteiger partial charge is 0.326 e. The maximum absolute atomic E-state index is 13.9. The third-order valence-corrected chi connectivity index (χ3v) is 9.64. The number of carboxylic acids is 3. The zero-order valence-corrected chi connectivity index (χ0v) is 32.0. The summed E-state index contributed by atoms with van der Waals surface area (Å²) >= 11 is 0. The first-order chi connectivity index (χ1) is 26.9. The number of carboxylic acid groups (broad SMARTS) is 3. The van der Waals surface area contributed by atoms with E-state index in [2.05, 4.69) is 41.5 Å². The number of H-pyrrole nitrogens is 2. The lowest BCUT2D eigenvalue weighted by atomic mass is 9.94. The lowest BCUT2D eigenvalue weighted by molar-refractivity contribution is -0.144. The lowest BCUT2D eigenvalue weighted by Crippen LogP contribution is -2.61. The van der Waals surface area contributed by atoms with Gasteiger partial charge in [0, 0.05) is 36.1 Å². The fourth-order valence-corrected chi connectivity index (χ4v) is 5.92. The third-order valence-electron chi connectivity index (χ3n) is 9.64. The van der Waals surface area contributed by atoms with Crippen molar-refractivity contribution in [3.63, 3.8) is 0 Å². The van der Waals surface area contributed by atoms with Gasteiger partial charge in [-0.1, -0.05) is 58.7 Å². The van der Waals surface area contributed by atoms with E-state index < -0.39 is 108 Å². The number of para-hydroxylation sites is 1. The maximum atomic E-state index is 13.9. The van der Waals surface area contributed by atoms with Gasteiger partial charge in [0.1, 0.15) is 30.2 Å². The van der Waals surface area contributed by atoms with Gasteiger partial charge in [-0.15, -0.1) is 0 Å². The molecule has 8 atom stereocenters. The van der Waals surface area contributed by atoms with E-state index in [4.69, 9.17) is 5.73 Å². The maximum Gasteiger partial charge on any atom is 0.326 e. The molecular weight excluding hydrogens is 746 g/mol. The summed E-state index contributed by atoms with van der Waals surface area (Å²) in [5.41, 5.74) is 7.76. The molecule has 3 aromatic rings. The number of fused-ring (bicyclic) bond motifs is 1. The van der Waals surface area contributed by atoms with Crippen molar-refractivity contribution in [3.8, 4) is 0 Å². The molecule has 12 N–H and O–H groups in total. The molecule has 5 amide bonds. The molecule has 0 unspecified atom stereocenters. The topological polar surface area (TPSA) is 328 Å². The molecule has 0 saturated heterocycles. The van der Waals surface area contributed by atoms with Crippen molar-refractivity contribution in [2.24, 2.45) is 17.6 Å². The highest BCUT2D eigenvalue weighted by Crippen LogP contribution is 2.20. The van der Waals surface area contributed by atoms with E-state index in [0.29, 0.717) is 24.1 Å². The van der Waals surface area contributed by atoms with Crippen LogP contribution in [0.1, 0.15) is 64.6 Å². The summed E-state index contributed by atoms with van der Waals surface area (Å²) in [6.45, 7) is 6.76. The van der Waals surface area contributed by atoms with Crippen molar-refractivity contribution in [3.05, 3.63) is 54.2 Å². The van der Waals surface area contributed by atoms with Crippen molar-refractivity contribution in [1.82, 2.24) is 41.5 Å². The van der Waals surface area contributed by atoms with Crippen LogP contribution >= 0.6 is 0 Å². The van der Waals surface area contributed by atoms with Gasteiger partial charge in [0.2, 0.25) is 29.5 Å². The van der Waals surface area contributed by atoms with Crippen LogP contribution in [0.5, 0.6) is 0 Å². The molecule has 2 heterocycles. The second kappa shape index (κ2) is 21.1. The zero-order chi connectivity index (χ0) is 42.4. The van der Waals surface area contributed by atoms with E-state index in [0.717, 1.165) is 10.9 Å². The molecule has 0 aliphatic rings. The number of imidazole rings is 1. The summed E-state index contributed by atoms with van der Waals surface area (Å²) in [7, 11) is 0. The first-order valence-corrected chi connectivity index (χ1v) is 18.4. The third kappa shape index (κ3) is 13.2. The number of hydrogen-bond acceptors (Lipinski definition) is 10. The summed E-state index contributed by atoms with van der Waals surface area (Å²) in [5.74, 6) is -10.4. The summed E-state index contributed by atoms with van der Waals surface area (Å²) < 4.78 is 0. The number of hydrogen-bond donors (Lipinski definition) is 11. The molecule has 20 heteroatoms. The van der Waals surface area contributed by atoms with Gasteiger partial charge in [-0.2, -0.15) is 0 Å². The Morgan fingerprint density at radius 1 is 0.684 bits per heavy atom. The van der Waals surface area contributed by atoms with Crippen LogP contribution in [0.4, 0.5) is 0 Å². The second-order valence-electron chi connectivity index (χ2n) is 13.9. The van der Waals surface area contributed by atoms with Crippen molar-refractivity contribution in [2.75, 3.05) is 0 Å². The number of carbonyl (C=O) groups is 8. The number of nitrogens with zero attached hydrogens (tertiary/aromatic N) is 1. The van der Waals surface area contributed by atoms with Gasteiger partial charge in [0.25, 0.3) is 0 Å². The summed E-state index contributed by atoms with van der Waals surface area (Å²) in [4.78, 5) is 113. The lowest BCUT2D eigenvalue weighted by Gasteiger charge is -2.30. The standard InChI is InChI=1S/C37H51N9O11/c1-5-18(3)30(35(54)44-27(37(56)57)11-20-15-40-24-10-8-7-9-22(20)24)46-36(55)31(19(4)6-2)45-34(53)26(14-29(49)50)43-33(52)25(13-28(47)48)42-32(51)23(38)12-21-16-39-17-41-21/h7-10,15-19,23,25-27,30-31,40H,5-6,11-14,38H2,1-4H3,(H,39,41)(H,42,51)(H,43,52)(H,44,54)(H,45,53)(H,46,55)(H,47,48)(H,49,50)(H,56,57)/t18-,19-,23+,25-,26-,27-,30-,31-/m0/s1. The second-order valence-corrected chi connectivity index (χ2v) is 13.9. The van der Waals surface area contributed by atoms with Gasteiger partial charge in [0.05, 0.1) is 30.9 Å². The summed E-state index contributed by atoms with van der Waals surface area (Å²) in [6, 6.07) is -1.64. The molecule has 57 heavy (non-hydrogen) atoms. The quantitative estimate of drug-likeness (QED) is 0.0580. The monoisotopic (exact) mass is 797 g/mol. The summed E-state index contributed by atoms with van der Waals surface area (Å²) in [6.07, 6.45) is 3.11. The van der Waals surface area contributed by atoms with Gasteiger partial charge in [-0.3, -0.25) is 33.6 Å². The van der Waals surface area contributed by atoms with E-state index in [1.807, 2.05) is 18.2 Å². The van der Waals surface area contributed by atoms with E-state index in [1.54, 1.807) is 40.0 Å². The minimum absolute atomic E-state index is 0.0649. The SMILES string of the molecule is CC[C@H](C)[C@H](NC(=O)[C@H](CC(=O)O)NC(=O)[C@H](CC(=O)O)NC(=O)[C@H](N)Cc1c[nH]cn1)C(=O)N[C@H](C(=O)N[C@@H](Cc1c[nH]c2ccccc12)C(=O)O)[C@@H](C)CC. The summed E-state index contributed by atoms with van der Waals surface area (Å²) in [5, 5.41) is 41.8. The molecular formula is C37H51N9O11. The van der Waals surface area contributed by atoms with E-state index >= 15 is 0 Å². The highest BCUT2D eigenvalue weighted by Gasteiger charge is 2.37. The van der Waals surface area contributed by atoms with Gasteiger partial charge < -0.3 is 57.6 Å². The number of aromatic amines is 2. The highest BCUT2D eigenvalue weighted by molar-refractivity contribution is 5.98. The number of rotatable bonds is 23. The van der Waals surface area contributed by atoms with Crippen LogP contribution < -0.4 is 32.3 Å². The van der Waals surface area contributed by atoms with Crippen LogP contribution in [0.2, 0.25) is 0 Å². The van der Waals surface area contributed by atoms with E-state index in [1.165, 1.54) is 12.5 Å². The Labute approximate surface area is 327 Å². The van der Waals surface area contributed by atoms with Crippen molar-refractivity contribution >= 4 is 58.3 Å². The van der Waals surface area contributed by atoms with E-state index in [-0.39, 0.29) is 12.8 Å². The normalized spacial score (nSPS) is 15.4. The van der Waals surface area contributed by atoms with Crippen molar-refractivity contribution < 1.29 is 53.7 Å². The Morgan fingerprint density at radius 3 is 1.72 bits per heavy atom. The number of amides is 5. The molecule has 2 aromatic heterocycles. The Morgan fingerprint density at radius 2 is 1.19 bits per heavy atom. The van der Waals surface area contributed by atoms with E-state index in [9.17, 15) is 53.7 Å². The van der Waals surface area contributed by atoms with Crippen LogP contribution in [0.3, 0.4) is 0 Å². The minimum atomic E-state index is -1.85. The fraction of sp³-hybridized carbons (Fsp3) is 0.486. The van der Waals surface area contributed by atoms with Crippen LogP contribution in [0, 0.1) is 11.8 Å². The molecule has 0 aliphatic heterocycles. The molecule has 0 saturated carbocycles. The number of aromatic nitrogens is 3.